The Morgan fingerprint density at radius 2 is 2.09 bits per heavy atom. The minimum atomic E-state index is -1.03. The molecule has 1 amide bonds. The highest BCUT2D eigenvalue weighted by Gasteiger charge is 2.44. The molecule has 1 aromatic heterocycles. The smallest absolute Gasteiger partial charge is 0.410 e. The highest BCUT2D eigenvalue weighted by atomic mass is 35.5. The number of amides is 1. The minimum absolute atomic E-state index is 0.285. The van der Waals surface area contributed by atoms with Crippen LogP contribution in [0, 0.1) is 0 Å². The molecular weight excluding hydrogens is 308 g/mol. The molecule has 0 bridgehead atoms. The number of aromatic nitrogens is 3. The molecule has 7 nitrogen and oxygen atoms in total. The van der Waals surface area contributed by atoms with Gasteiger partial charge in [0.25, 0.3) is 0 Å². The maximum atomic E-state index is 11.6. The van der Waals surface area contributed by atoms with E-state index in [1.807, 2.05) is 0 Å². The number of benzene rings is 1. The molecule has 116 valence electrons. The van der Waals surface area contributed by atoms with Crippen LogP contribution in [0.3, 0.4) is 0 Å². The number of nitrogens with zero attached hydrogens (tertiary/aromatic N) is 4. The summed E-state index contributed by atoms with van der Waals surface area (Å²) in [5, 5.41) is 18.1. The van der Waals surface area contributed by atoms with Crippen molar-refractivity contribution in [3.63, 3.8) is 0 Å². The fourth-order valence-corrected chi connectivity index (χ4v) is 2.83. The second-order valence-corrected chi connectivity index (χ2v) is 5.86. The van der Waals surface area contributed by atoms with Crippen molar-refractivity contribution in [2.45, 2.75) is 25.6 Å². The second-order valence-electron chi connectivity index (χ2n) is 5.46. The zero-order valence-electron chi connectivity index (χ0n) is 12.1. The average Bonchev–Trinajstić information content (AvgIpc) is 3.06. The van der Waals surface area contributed by atoms with Gasteiger partial charge in [-0.3, -0.25) is 4.90 Å². The van der Waals surface area contributed by atoms with E-state index in [0.29, 0.717) is 10.7 Å². The third-order valence-electron chi connectivity index (χ3n) is 3.68. The van der Waals surface area contributed by atoms with Gasteiger partial charge in [-0.25, -0.2) is 4.79 Å². The van der Waals surface area contributed by atoms with Gasteiger partial charge < -0.3 is 9.84 Å². The van der Waals surface area contributed by atoms with E-state index in [1.54, 1.807) is 44.4 Å². The number of carbonyl (C=O) groups is 1. The Labute approximate surface area is 132 Å². The van der Waals surface area contributed by atoms with E-state index in [2.05, 4.69) is 10.2 Å². The Morgan fingerprint density at radius 1 is 1.41 bits per heavy atom. The summed E-state index contributed by atoms with van der Waals surface area (Å²) in [6.45, 7) is 3.74. The van der Waals surface area contributed by atoms with Crippen molar-refractivity contribution in [2.75, 3.05) is 6.61 Å². The van der Waals surface area contributed by atoms with Crippen LogP contribution in [0.5, 0.6) is 0 Å². The quantitative estimate of drug-likeness (QED) is 0.919. The van der Waals surface area contributed by atoms with Gasteiger partial charge in [-0.05, 0) is 31.5 Å². The number of hydrogen-bond acceptors (Lipinski definition) is 4. The summed E-state index contributed by atoms with van der Waals surface area (Å²) < 4.78 is 5.62. The normalized spacial score (nSPS) is 20.3. The predicted octanol–water partition coefficient (Wildman–Crippen LogP) is 2.71. The fourth-order valence-electron chi connectivity index (χ4n) is 2.64. The molecule has 0 unspecified atom stereocenters. The van der Waals surface area contributed by atoms with Gasteiger partial charge in [-0.2, -0.15) is 15.0 Å². The van der Waals surface area contributed by atoms with Crippen molar-refractivity contribution in [1.29, 1.82) is 0 Å². The van der Waals surface area contributed by atoms with Gasteiger partial charge in [0.1, 0.15) is 11.4 Å². The number of hydrogen-bond donors (Lipinski definition) is 1. The summed E-state index contributed by atoms with van der Waals surface area (Å²) >= 11 is 6.19. The van der Waals surface area contributed by atoms with Crippen LogP contribution in [0.15, 0.2) is 30.6 Å². The van der Waals surface area contributed by atoms with Crippen LogP contribution in [-0.4, -0.2) is 43.4 Å². The summed E-state index contributed by atoms with van der Waals surface area (Å²) in [4.78, 5) is 14.3. The molecule has 2 heterocycles. The summed E-state index contributed by atoms with van der Waals surface area (Å²) in [6, 6.07) is 4.88. The largest absolute Gasteiger partial charge is 0.465 e. The number of rotatable bonds is 2. The van der Waals surface area contributed by atoms with Crippen LogP contribution in [0.2, 0.25) is 5.02 Å². The third kappa shape index (κ3) is 2.42. The zero-order chi connectivity index (χ0) is 15.9. The van der Waals surface area contributed by atoms with E-state index in [1.165, 1.54) is 9.70 Å². The van der Waals surface area contributed by atoms with Crippen molar-refractivity contribution >= 4 is 17.7 Å². The van der Waals surface area contributed by atoms with Crippen molar-refractivity contribution in [3.8, 4) is 5.69 Å². The fraction of sp³-hybridized carbons (Fsp3) is 0.357. The first-order chi connectivity index (χ1) is 10.4. The van der Waals surface area contributed by atoms with Crippen LogP contribution in [0.1, 0.15) is 25.5 Å². The van der Waals surface area contributed by atoms with Gasteiger partial charge in [0.15, 0.2) is 0 Å². The first-order valence-corrected chi connectivity index (χ1v) is 7.10. The van der Waals surface area contributed by atoms with Crippen LogP contribution in [0.4, 0.5) is 4.79 Å². The highest BCUT2D eigenvalue weighted by molar-refractivity contribution is 6.32. The molecule has 1 fully saturated rings. The molecule has 0 saturated carbocycles. The second kappa shape index (κ2) is 5.26. The zero-order valence-corrected chi connectivity index (χ0v) is 12.9. The third-order valence-corrected chi connectivity index (χ3v) is 4.00. The lowest BCUT2D eigenvalue weighted by molar-refractivity contribution is -0.0420. The Bertz CT molecular complexity index is 702. The topological polar surface area (TPSA) is 80.5 Å². The first-order valence-electron chi connectivity index (χ1n) is 6.72. The average molecular weight is 323 g/mol. The van der Waals surface area contributed by atoms with E-state index in [9.17, 15) is 9.90 Å². The molecular formula is C14H15ClN4O3. The van der Waals surface area contributed by atoms with Crippen molar-refractivity contribution in [3.05, 3.63) is 41.2 Å². The lowest BCUT2D eigenvalue weighted by Gasteiger charge is -2.31. The lowest BCUT2D eigenvalue weighted by Crippen LogP contribution is -2.44. The van der Waals surface area contributed by atoms with Gasteiger partial charge in [-0.15, -0.1) is 0 Å². The summed E-state index contributed by atoms with van der Waals surface area (Å²) in [6.07, 6.45) is 2.07. The summed E-state index contributed by atoms with van der Waals surface area (Å²) in [5.74, 6) is 0. The van der Waals surface area contributed by atoms with Crippen molar-refractivity contribution in [1.82, 2.24) is 19.9 Å². The standard InChI is InChI=1S/C14H15ClN4O3/c1-14(2)18(13(20)21)12(8-22-14)9-3-4-10(15)11(7-9)19-16-5-6-17-19/h3-7,12H,8H2,1-2H3,(H,20,21)/t12-/m1/s1. The van der Waals surface area contributed by atoms with Crippen LogP contribution in [0.25, 0.3) is 5.69 Å². The minimum Gasteiger partial charge on any atom is -0.465 e. The highest BCUT2D eigenvalue weighted by Crippen LogP contribution is 2.38. The molecule has 1 aromatic carbocycles. The van der Waals surface area contributed by atoms with Crippen molar-refractivity contribution < 1.29 is 14.6 Å². The van der Waals surface area contributed by atoms with Gasteiger partial charge >= 0.3 is 6.09 Å². The van der Waals surface area contributed by atoms with Gasteiger partial charge in [0.2, 0.25) is 0 Å². The Hall–Kier alpha value is -2.12. The molecule has 2 aromatic rings. The van der Waals surface area contributed by atoms with E-state index < -0.39 is 17.9 Å². The number of carboxylic acid groups (broad SMARTS) is 1. The van der Waals surface area contributed by atoms with E-state index in [-0.39, 0.29) is 6.61 Å². The maximum Gasteiger partial charge on any atom is 0.410 e. The SMILES string of the molecule is CC1(C)OC[C@H](c2ccc(Cl)c(-n3nccn3)c2)N1C(=O)O. The summed E-state index contributed by atoms with van der Waals surface area (Å²) in [7, 11) is 0. The first kappa shape index (κ1) is 14.8. The maximum absolute atomic E-state index is 11.6. The molecule has 0 radical (unpaired) electrons. The van der Waals surface area contributed by atoms with E-state index in [4.69, 9.17) is 16.3 Å². The molecule has 0 aliphatic carbocycles. The molecule has 1 aliphatic heterocycles. The Balaban J connectivity index is 2.02. The Kier molecular flexibility index (Phi) is 3.54. The van der Waals surface area contributed by atoms with E-state index >= 15 is 0 Å². The molecule has 1 N–H and O–H groups in total. The van der Waals surface area contributed by atoms with Gasteiger partial charge in [-0.1, -0.05) is 17.7 Å². The molecule has 3 rings (SSSR count). The van der Waals surface area contributed by atoms with Crippen LogP contribution >= 0.6 is 11.6 Å². The lowest BCUT2D eigenvalue weighted by atomic mass is 10.1. The molecule has 1 atom stereocenters. The van der Waals surface area contributed by atoms with Gasteiger partial charge in [0.05, 0.1) is 30.1 Å². The monoisotopic (exact) mass is 322 g/mol. The van der Waals surface area contributed by atoms with Crippen molar-refractivity contribution in [2.24, 2.45) is 0 Å². The van der Waals surface area contributed by atoms with E-state index in [0.717, 1.165) is 5.56 Å². The molecule has 1 saturated heterocycles. The van der Waals surface area contributed by atoms with Gasteiger partial charge in [0, 0.05) is 0 Å². The number of halogens is 1. The summed E-state index contributed by atoms with van der Waals surface area (Å²) in [5.41, 5.74) is 0.504. The molecule has 1 aliphatic rings. The number of ether oxygens (including phenoxy) is 1. The van der Waals surface area contributed by atoms with Crippen LogP contribution in [-0.2, 0) is 4.74 Å². The molecule has 0 spiro atoms. The molecule has 8 heteroatoms. The van der Waals surface area contributed by atoms with Crippen LogP contribution < -0.4 is 0 Å². The molecule has 22 heavy (non-hydrogen) atoms. The predicted molar refractivity (Wildman–Crippen MR) is 79.0 cm³/mol. The Morgan fingerprint density at radius 3 is 2.73 bits per heavy atom.